The summed E-state index contributed by atoms with van der Waals surface area (Å²) in [6.07, 6.45) is 0. The van der Waals surface area contributed by atoms with E-state index < -0.39 is 17.2 Å². The van der Waals surface area contributed by atoms with Gasteiger partial charge >= 0.3 is 6.03 Å². The predicted octanol–water partition coefficient (Wildman–Crippen LogP) is 2.71. The summed E-state index contributed by atoms with van der Waals surface area (Å²) in [6.45, 7) is 1.70. The Kier molecular flexibility index (Phi) is 3.96. The first-order valence-electron chi connectivity index (χ1n) is 7.97. The molecule has 3 amide bonds. The lowest BCUT2D eigenvalue weighted by atomic mass is 10.2. The predicted molar refractivity (Wildman–Crippen MR) is 101 cm³/mol. The molecule has 130 valence electrons. The van der Waals surface area contributed by atoms with Gasteiger partial charge in [-0.2, -0.15) is 0 Å². The van der Waals surface area contributed by atoms with Crippen LogP contribution in [0.2, 0.25) is 0 Å². The monoisotopic (exact) mass is 365 g/mol. The molecule has 2 aromatic carbocycles. The number of carbonyl (C=O) groups is 2. The summed E-state index contributed by atoms with van der Waals surface area (Å²) >= 11 is 1.25. The van der Waals surface area contributed by atoms with Crippen molar-refractivity contribution < 1.29 is 9.59 Å². The van der Waals surface area contributed by atoms with Crippen molar-refractivity contribution in [1.82, 2.24) is 19.7 Å². The first-order valence-corrected chi connectivity index (χ1v) is 8.85. The number of amides is 3. The number of nitrogens with two attached hydrogens (primary N) is 1. The van der Waals surface area contributed by atoms with Crippen LogP contribution in [0.15, 0.2) is 53.7 Å². The van der Waals surface area contributed by atoms with Crippen LogP contribution in [0.4, 0.5) is 4.79 Å². The van der Waals surface area contributed by atoms with Crippen molar-refractivity contribution in [2.45, 2.75) is 17.3 Å². The molecule has 0 aliphatic rings. The number of aromatic nitrogens is 3. The molecule has 0 aliphatic heterocycles. The van der Waals surface area contributed by atoms with Gasteiger partial charge in [-0.25, -0.2) is 14.8 Å². The molecule has 0 saturated carbocycles. The van der Waals surface area contributed by atoms with Crippen LogP contribution in [0.25, 0.3) is 27.6 Å². The Morgan fingerprint density at radius 2 is 1.77 bits per heavy atom. The number of hydrogen-bond acceptors (Lipinski definition) is 5. The smallest absolute Gasteiger partial charge is 0.318 e. The highest BCUT2D eigenvalue weighted by Crippen LogP contribution is 2.30. The van der Waals surface area contributed by atoms with E-state index in [1.165, 1.54) is 11.8 Å². The second-order valence-corrected chi connectivity index (χ2v) is 7.09. The summed E-state index contributed by atoms with van der Waals surface area (Å²) in [7, 11) is 0. The number of primary amides is 1. The zero-order chi connectivity index (χ0) is 18.3. The number of hydrogen-bond donors (Lipinski definition) is 2. The topological polar surface area (TPSA) is 102 Å². The molecule has 2 heterocycles. The van der Waals surface area contributed by atoms with Crippen molar-refractivity contribution in [3.05, 3.63) is 48.5 Å². The van der Waals surface area contributed by atoms with Gasteiger partial charge in [0, 0.05) is 5.39 Å². The molecule has 3 N–H and O–H groups in total. The molecular weight excluding hydrogens is 350 g/mol. The maximum Gasteiger partial charge on any atom is 0.318 e. The minimum absolute atomic E-state index is 0.463. The van der Waals surface area contributed by atoms with E-state index in [0.29, 0.717) is 5.16 Å². The van der Waals surface area contributed by atoms with Crippen LogP contribution in [-0.2, 0) is 4.79 Å². The molecule has 7 nitrogen and oxygen atoms in total. The first kappa shape index (κ1) is 16.3. The molecule has 4 rings (SSSR count). The zero-order valence-corrected chi connectivity index (χ0v) is 14.7. The Morgan fingerprint density at radius 1 is 1.08 bits per heavy atom. The normalized spacial score (nSPS) is 12.5. The number of urea groups is 1. The Hall–Kier alpha value is -3.13. The zero-order valence-electron chi connectivity index (χ0n) is 13.8. The molecule has 0 spiro atoms. The van der Waals surface area contributed by atoms with Gasteiger partial charge < -0.3 is 5.73 Å². The fourth-order valence-corrected chi connectivity index (χ4v) is 3.75. The average Bonchev–Trinajstić information content (AvgIpc) is 3.01. The molecule has 0 radical (unpaired) electrons. The average molecular weight is 365 g/mol. The van der Waals surface area contributed by atoms with Gasteiger partial charge in [0.1, 0.15) is 5.65 Å². The molecule has 0 saturated heterocycles. The third-order valence-electron chi connectivity index (χ3n) is 4.01. The molecular formula is C18H15N5O2S. The van der Waals surface area contributed by atoms with Crippen LogP contribution in [0, 0.1) is 0 Å². The van der Waals surface area contributed by atoms with Gasteiger partial charge in [-0.3, -0.25) is 14.5 Å². The minimum atomic E-state index is -0.868. The van der Waals surface area contributed by atoms with Gasteiger partial charge in [0.25, 0.3) is 0 Å². The molecule has 0 unspecified atom stereocenters. The van der Waals surface area contributed by atoms with Crippen LogP contribution in [-0.4, -0.2) is 31.6 Å². The highest BCUT2D eigenvalue weighted by atomic mass is 32.2. The Balaban J connectivity index is 1.92. The number of imide groups is 1. The summed E-state index contributed by atoms with van der Waals surface area (Å²) in [4.78, 5) is 32.5. The molecule has 0 aliphatic carbocycles. The lowest BCUT2D eigenvalue weighted by molar-refractivity contribution is -0.119. The molecule has 0 bridgehead atoms. The van der Waals surface area contributed by atoms with Gasteiger partial charge in [-0.05, 0) is 31.2 Å². The third kappa shape index (κ3) is 2.74. The standard InChI is InChI=1S/C18H15N5O2S/c1-10(16(24)22-17(19)25)26-18-21-12-7-3-2-6-11(12)15-20-13-8-4-5-9-14(13)23(15)18/h2-10H,1H3,(H3,19,22,24,25)/t10-/m1/s1. The molecule has 0 fully saturated rings. The van der Waals surface area contributed by atoms with Gasteiger partial charge in [0.15, 0.2) is 5.16 Å². The Labute approximate surface area is 152 Å². The summed E-state index contributed by atoms with van der Waals surface area (Å²) in [5.41, 5.74) is 8.36. The second kappa shape index (κ2) is 6.30. The number of imidazole rings is 1. The van der Waals surface area contributed by atoms with E-state index in [9.17, 15) is 9.59 Å². The van der Waals surface area contributed by atoms with Gasteiger partial charge in [0.05, 0.1) is 21.8 Å². The highest BCUT2D eigenvalue weighted by Gasteiger charge is 2.20. The third-order valence-corrected chi connectivity index (χ3v) is 5.06. The van der Waals surface area contributed by atoms with E-state index in [-0.39, 0.29) is 0 Å². The van der Waals surface area contributed by atoms with Gasteiger partial charge in [0.2, 0.25) is 5.91 Å². The fourth-order valence-electron chi connectivity index (χ4n) is 2.83. The Morgan fingerprint density at radius 3 is 2.54 bits per heavy atom. The number of para-hydroxylation sites is 3. The van der Waals surface area contributed by atoms with Crippen molar-refractivity contribution in [3.63, 3.8) is 0 Å². The van der Waals surface area contributed by atoms with Gasteiger partial charge in [-0.15, -0.1) is 0 Å². The molecule has 8 heteroatoms. The lowest BCUT2D eigenvalue weighted by Crippen LogP contribution is -2.39. The number of fused-ring (bicyclic) bond motifs is 5. The van der Waals surface area contributed by atoms with E-state index >= 15 is 0 Å². The van der Waals surface area contributed by atoms with Crippen LogP contribution in [0.3, 0.4) is 0 Å². The number of rotatable bonds is 3. The summed E-state index contributed by atoms with van der Waals surface area (Å²) in [5, 5.41) is 3.11. The van der Waals surface area contributed by atoms with Crippen LogP contribution >= 0.6 is 11.8 Å². The Bertz CT molecular complexity index is 1170. The molecule has 26 heavy (non-hydrogen) atoms. The summed E-state index contributed by atoms with van der Waals surface area (Å²) in [6, 6.07) is 14.6. The lowest BCUT2D eigenvalue weighted by Gasteiger charge is -2.12. The molecule has 2 aromatic heterocycles. The van der Waals surface area contributed by atoms with Crippen molar-refractivity contribution in [2.24, 2.45) is 5.73 Å². The summed E-state index contributed by atoms with van der Waals surface area (Å²) < 4.78 is 1.94. The van der Waals surface area contributed by atoms with Gasteiger partial charge in [-0.1, -0.05) is 36.0 Å². The second-order valence-electron chi connectivity index (χ2n) is 5.78. The van der Waals surface area contributed by atoms with E-state index in [0.717, 1.165) is 27.6 Å². The van der Waals surface area contributed by atoms with Crippen molar-refractivity contribution >= 4 is 51.3 Å². The largest absolute Gasteiger partial charge is 0.351 e. The number of nitrogens with one attached hydrogen (secondary N) is 1. The first-order chi connectivity index (χ1) is 12.5. The molecule has 4 aromatic rings. The van der Waals surface area contributed by atoms with Crippen LogP contribution < -0.4 is 11.1 Å². The number of carbonyl (C=O) groups excluding carboxylic acids is 2. The van der Waals surface area contributed by atoms with E-state index in [2.05, 4.69) is 5.32 Å². The highest BCUT2D eigenvalue weighted by molar-refractivity contribution is 8.00. The quantitative estimate of drug-likeness (QED) is 0.429. The number of nitrogens with zero attached hydrogens (tertiary/aromatic N) is 3. The molecule has 1 atom stereocenters. The van der Waals surface area contributed by atoms with Crippen molar-refractivity contribution in [3.8, 4) is 0 Å². The fraction of sp³-hybridized carbons (Fsp3) is 0.111. The SMILES string of the molecule is C[C@@H](Sc1nc2ccccc2c2nc3ccccc3n12)C(=O)NC(N)=O. The van der Waals surface area contributed by atoms with Crippen molar-refractivity contribution in [1.29, 1.82) is 0 Å². The maximum atomic E-state index is 12.1. The number of thioether (sulfide) groups is 1. The minimum Gasteiger partial charge on any atom is -0.351 e. The van der Waals surface area contributed by atoms with Crippen LogP contribution in [0.1, 0.15) is 6.92 Å². The van der Waals surface area contributed by atoms with E-state index in [1.807, 2.05) is 52.9 Å². The van der Waals surface area contributed by atoms with Crippen LogP contribution in [0.5, 0.6) is 0 Å². The van der Waals surface area contributed by atoms with Crippen molar-refractivity contribution in [2.75, 3.05) is 0 Å². The summed E-state index contributed by atoms with van der Waals surface area (Å²) in [5.74, 6) is -0.463. The number of benzene rings is 2. The van der Waals surface area contributed by atoms with E-state index in [4.69, 9.17) is 15.7 Å². The maximum absolute atomic E-state index is 12.1. The van der Waals surface area contributed by atoms with E-state index in [1.54, 1.807) is 6.92 Å².